The van der Waals surface area contributed by atoms with Crippen molar-refractivity contribution in [2.24, 2.45) is 0 Å². The van der Waals surface area contributed by atoms with Crippen LogP contribution < -0.4 is 9.47 Å². The second kappa shape index (κ2) is 18.8. The maximum absolute atomic E-state index is 12.5. The third-order valence-electron chi connectivity index (χ3n) is 7.86. The van der Waals surface area contributed by atoms with Crippen LogP contribution in [0.4, 0.5) is 0 Å². The number of ether oxygens (including phenoxy) is 2. The Balaban J connectivity index is 2.97. The molecule has 5 nitrogen and oxygen atoms in total. The first kappa shape index (κ1) is 37.4. The van der Waals surface area contributed by atoms with Crippen molar-refractivity contribution in [1.82, 2.24) is 0 Å². The quantitative estimate of drug-likeness (QED) is 0.106. The molecule has 0 aromatic heterocycles. The van der Waals surface area contributed by atoms with Crippen molar-refractivity contribution in [2.45, 2.75) is 152 Å². The van der Waals surface area contributed by atoms with Crippen LogP contribution in [0.25, 0.3) is 0 Å². The first-order valence-electron chi connectivity index (χ1n) is 15.9. The Bertz CT molecular complexity index is 1130. The fourth-order valence-corrected chi connectivity index (χ4v) is 4.97. The number of allylic oxidation sites excluding steroid dienone is 6. The Morgan fingerprint density at radius 3 is 1.69 bits per heavy atom. The van der Waals surface area contributed by atoms with E-state index >= 15 is 0 Å². The summed E-state index contributed by atoms with van der Waals surface area (Å²) in [6.45, 7) is 20.1. The van der Waals surface area contributed by atoms with E-state index in [4.69, 9.17) is 9.47 Å². The number of hydrogen-bond acceptors (Lipinski definition) is 5. The minimum absolute atomic E-state index is 0.270. The summed E-state index contributed by atoms with van der Waals surface area (Å²) in [4.78, 5) is 24.9. The maximum Gasteiger partial charge on any atom is 0.311 e. The van der Waals surface area contributed by atoms with Gasteiger partial charge in [-0.2, -0.15) is 0 Å². The Morgan fingerprint density at radius 2 is 1.17 bits per heavy atom. The Hall–Kier alpha value is -2.66. The van der Waals surface area contributed by atoms with Gasteiger partial charge in [0.1, 0.15) is 11.5 Å². The van der Waals surface area contributed by atoms with E-state index < -0.39 is 5.60 Å². The number of esters is 2. The van der Waals surface area contributed by atoms with Crippen molar-refractivity contribution < 1.29 is 24.2 Å². The highest BCUT2D eigenvalue weighted by Crippen LogP contribution is 2.40. The largest absolute Gasteiger partial charge is 0.426 e. The van der Waals surface area contributed by atoms with Crippen LogP contribution in [0.2, 0.25) is 0 Å². The molecule has 5 heteroatoms. The van der Waals surface area contributed by atoms with Gasteiger partial charge in [-0.3, -0.25) is 9.59 Å². The molecule has 0 bridgehead atoms. The van der Waals surface area contributed by atoms with Gasteiger partial charge in [0.25, 0.3) is 0 Å². The Morgan fingerprint density at radius 1 is 0.690 bits per heavy atom. The molecule has 0 radical (unpaired) electrons. The van der Waals surface area contributed by atoms with E-state index in [1.54, 1.807) is 0 Å². The smallest absolute Gasteiger partial charge is 0.311 e. The molecule has 1 atom stereocenters. The van der Waals surface area contributed by atoms with Crippen LogP contribution in [0.15, 0.2) is 34.9 Å². The summed E-state index contributed by atoms with van der Waals surface area (Å²) in [7, 11) is 0. The van der Waals surface area contributed by atoms with Gasteiger partial charge >= 0.3 is 11.9 Å². The zero-order chi connectivity index (χ0) is 31.9. The Labute approximate surface area is 256 Å². The number of rotatable bonds is 18. The molecule has 0 fully saturated rings. The summed E-state index contributed by atoms with van der Waals surface area (Å²) >= 11 is 0. The first-order valence-corrected chi connectivity index (χ1v) is 15.9. The fraction of sp³-hybridized carbons (Fsp3) is 0.622. The van der Waals surface area contributed by atoms with Crippen molar-refractivity contribution in [3.8, 4) is 11.5 Å². The molecule has 0 heterocycles. The maximum atomic E-state index is 12.5. The summed E-state index contributed by atoms with van der Waals surface area (Å²) in [5.74, 6) is 0.528. The molecule has 0 aliphatic heterocycles. The molecular weight excluding hydrogens is 524 g/mol. The van der Waals surface area contributed by atoms with E-state index in [0.717, 1.165) is 54.4 Å². The molecule has 42 heavy (non-hydrogen) atoms. The second-order valence-electron chi connectivity index (χ2n) is 12.5. The van der Waals surface area contributed by atoms with Crippen molar-refractivity contribution in [1.29, 1.82) is 0 Å². The van der Waals surface area contributed by atoms with Gasteiger partial charge in [0.15, 0.2) is 0 Å². The standard InChI is InChI=1S/C37H58O5/c1-11-16-33(38)41-35-29(7)30(8)36(42-34(39)17-12-2)32(31(35)9)23-25-37(10,40)24-15-22-28(6)21-14-20-27(5)19-13-18-26(3)4/h18,20,22,40H,11-17,19,21,23-25H2,1-10H3/b27-20+,28-22+. The molecule has 1 N–H and O–H groups in total. The van der Waals surface area contributed by atoms with E-state index in [2.05, 4.69) is 45.9 Å². The lowest BCUT2D eigenvalue weighted by Crippen LogP contribution is -2.25. The third-order valence-corrected chi connectivity index (χ3v) is 7.86. The number of carbonyl (C=O) groups is 2. The number of hydrogen-bond donors (Lipinski definition) is 1. The van der Waals surface area contributed by atoms with Gasteiger partial charge in [-0.15, -0.1) is 0 Å². The van der Waals surface area contributed by atoms with E-state index in [0.29, 0.717) is 56.4 Å². The lowest BCUT2D eigenvalue weighted by molar-refractivity contribution is -0.135. The minimum Gasteiger partial charge on any atom is -0.426 e. The molecular formula is C37H58O5. The molecule has 236 valence electrons. The van der Waals surface area contributed by atoms with Crippen molar-refractivity contribution in [3.05, 3.63) is 57.2 Å². The summed E-state index contributed by atoms with van der Waals surface area (Å²) in [5, 5.41) is 11.3. The number of carbonyl (C=O) groups excluding carboxylic acids is 2. The van der Waals surface area contributed by atoms with Crippen LogP contribution in [0, 0.1) is 20.8 Å². The zero-order valence-corrected chi connectivity index (χ0v) is 28.3. The lowest BCUT2D eigenvalue weighted by Gasteiger charge is -2.26. The molecule has 0 aliphatic rings. The van der Waals surface area contributed by atoms with Crippen LogP contribution in [0.5, 0.6) is 11.5 Å². The predicted octanol–water partition coefficient (Wildman–Crippen LogP) is 9.91. The highest BCUT2D eigenvalue weighted by molar-refractivity contribution is 5.76. The molecule has 0 saturated heterocycles. The summed E-state index contributed by atoms with van der Waals surface area (Å²) in [6.07, 6.45) is 15.7. The summed E-state index contributed by atoms with van der Waals surface area (Å²) in [6, 6.07) is 0. The SMILES string of the molecule is CCCC(=O)Oc1c(C)c(C)c(OC(=O)CCC)c(CCC(C)(O)CC/C=C(\C)CC/C=C(\C)CCC=C(C)C)c1C. The van der Waals surface area contributed by atoms with Crippen molar-refractivity contribution in [3.63, 3.8) is 0 Å². The van der Waals surface area contributed by atoms with E-state index in [9.17, 15) is 14.7 Å². The first-order chi connectivity index (χ1) is 19.7. The van der Waals surface area contributed by atoms with Gasteiger partial charge in [0, 0.05) is 18.4 Å². The highest BCUT2D eigenvalue weighted by Gasteiger charge is 2.26. The van der Waals surface area contributed by atoms with Gasteiger partial charge in [-0.05, 0) is 136 Å². The molecule has 1 rings (SSSR count). The molecule has 0 aliphatic carbocycles. The van der Waals surface area contributed by atoms with Crippen LogP contribution in [-0.4, -0.2) is 22.6 Å². The van der Waals surface area contributed by atoms with Crippen molar-refractivity contribution in [2.75, 3.05) is 0 Å². The highest BCUT2D eigenvalue weighted by atomic mass is 16.5. The van der Waals surface area contributed by atoms with E-state index in [-0.39, 0.29) is 11.9 Å². The monoisotopic (exact) mass is 582 g/mol. The van der Waals surface area contributed by atoms with Gasteiger partial charge in [-0.1, -0.05) is 48.8 Å². The minimum atomic E-state index is -0.896. The van der Waals surface area contributed by atoms with E-state index in [1.807, 2.05) is 41.5 Å². The second-order valence-corrected chi connectivity index (χ2v) is 12.5. The van der Waals surface area contributed by atoms with Crippen LogP contribution in [0.1, 0.15) is 141 Å². The third kappa shape index (κ3) is 13.5. The van der Waals surface area contributed by atoms with Gasteiger partial charge in [-0.25, -0.2) is 0 Å². The van der Waals surface area contributed by atoms with E-state index in [1.165, 1.54) is 16.7 Å². The number of aliphatic hydroxyl groups is 1. The average Bonchev–Trinajstić information content (AvgIpc) is 2.89. The van der Waals surface area contributed by atoms with Crippen LogP contribution in [-0.2, 0) is 16.0 Å². The predicted molar refractivity (Wildman–Crippen MR) is 175 cm³/mol. The fourth-order valence-electron chi connectivity index (χ4n) is 4.97. The summed E-state index contributed by atoms with van der Waals surface area (Å²) < 4.78 is 11.7. The van der Waals surface area contributed by atoms with Crippen LogP contribution >= 0.6 is 0 Å². The molecule has 0 saturated carbocycles. The van der Waals surface area contributed by atoms with Crippen LogP contribution in [0.3, 0.4) is 0 Å². The molecule has 1 aromatic rings. The lowest BCUT2D eigenvalue weighted by atomic mass is 9.88. The normalized spacial score (nSPS) is 13.5. The van der Waals surface area contributed by atoms with Gasteiger partial charge in [0.05, 0.1) is 5.60 Å². The van der Waals surface area contributed by atoms with Gasteiger partial charge in [0.2, 0.25) is 0 Å². The zero-order valence-electron chi connectivity index (χ0n) is 28.3. The summed E-state index contributed by atoms with van der Waals surface area (Å²) in [5.41, 5.74) is 6.45. The molecule has 0 amide bonds. The Kier molecular flexibility index (Phi) is 16.7. The van der Waals surface area contributed by atoms with Crippen molar-refractivity contribution >= 4 is 11.9 Å². The molecule has 1 unspecified atom stereocenters. The molecule has 1 aromatic carbocycles. The topological polar surface area (TPSA) is 72.8 Å². The average molecular weight is 583 g/mol. The number of benzene rings is 1. The molecule has 0 spiro atoms. The van der Waals surface area contributed by atoms with Gasteiger partial charge < -0.3 is 14.6 Å².